The molecule has 1 saturated carbocycles. The van der Waals surface area contributed by atoms with E-state index in [1.807, 2.05) is 4.90 Å². The van der Waals surface area contributed by atoms with E-state index in [1.54, 1.807) is 0 Å². The number of carbonyl (C=O) groups excluding carboxylic acids is 1. The smallest absolute Gasteiger partial charge is 0.223 e. The van der Waals surface area contributed by atoms with Gasteiger partial charge in [-0.3, -0.25) is 4.79 Å². The Morgan fingerprint density at radius 2 is 2.00 bits per heavy atom. The van der Waals surface area contributed by atoms with E-state index >= 15 is 0 Å². The topological polar surface area (TPSA) is 20.3 Å². The molecule has 0 aromatic heterocycles. The normalized spacial score (nSPS) is 16.2. The van der Waals surface area contributed by atoms with Crippen LogP contribution in [-0.4, -0.2) is 29.3 Å². The summed E-state index contributed by atoms with van der Waals surface area (Å²) in [7, 11) is 0. The van der Waals surface area contributed by atoms with Crippen LogP contribution in [0.3, 0.4) is 0 Å². The second kappa shape index (κ2) is 7.16. The van der Waals surface area contributed by atoms with E-state index in [-0.39, 0.29) is 0 Å². The summed E-state index contributed by atoms with van der Waals surface area (Å²) < 4.78 is 0. The van der Waals surface area contributed by atoms with Crippen LogP contribution in [0.25, 0.3) is 0 Å². The van der Waals surface area contributed by atoms with Crippen molar-refractivity contribution in [2.45, 2.75) is 58.4 Å². The molecule has 0 unspecified atom stereocenters. The van der Waals surface area contributed by atoms with E-state index in [9.17, 15) is 4.79 Å². The van der Waals surface area contributed by atoms with Crippen LogP contribution in [-0.2, 0) is 4.79 Å². The minimum atomic E-state index is 0.319. The van der Waals surface area contributed by atoms with Gasteiger partial charge in [-0.15, -0.1) is 11.6 Å². The summed E-state index contributed by atoms with van der Waals surface area (Å²) in [6.07, 6.45) is 6.59. The molecule has 0 N–H and O–H groups in total. The maximum atomic E-state index is 12.2. The lowest BCUT2D eigenvalue weighted by Crippen LogP contribution is -2.42. The highest BCUT2D eigenvalue weighted by Gasteiger charge is 2.26. The largest absolute Gasteiger partial charge is 0.339 e. The van der Waals surface area contributed by atoms with Crippen LogP contribution in [0, 0.1) is 5.92 Å². The van der Waals surface area contributed by atoms with Crippen LogP contribution in [0.1, 0.15) is 52.4 Å². The molecule has 0 aromatic rings. The molecule has 1 fully saturated rings. The van der Waals surface area contributed by atoms with E-state index in [2.05, 4.69) is 13.8 Å². The summed E-state index contributed by atoms with van der Waals surface area (Å²) in [5, 5.41) is 0. The molecule has 1 aliphatic rings. The molecular formula is C13H24ClNO. The van der Waals surface area contributed by atoms with Gasteiger partial charge in [0.25, 0.3) is 0 Å². The van der Waals surface area contributed by atoms with E-state index < -0.39 is 0 Å². The van der Waals surface area contributed by atoms with Gasteiger partial charge in [-0.25, -0.2) is 0 Å². The Bertz CT molecular complexity index is 212. The van der Waals surface area contributed by atoms with Crippen LogP contribution in [0.5, 0.6) is 0 Å². The number of nitrogens with zero attached hydrogens (tertiary/aromatic N) is 1. The summed E-state index contributed by atoms with van der Waals surface area (Å²) in [6, 6.07) is 0.381. The van der Waals surface area contributed by atoms with E-state index in [4.69, 9.17) is 11.6 Å². The fourth-order valence-corrected chi connectivity index (χ4v) is 2.57. The lowest BCUT2D eigenvalue weighted by molar-refractivity contribution is -0.135. The number of halogens is 1. The highest BCUT2D eigenvalue weighted by atomic mass is 35.5. The molecule has 0 heterocycles. The lowest BCUT2D eigenvalue weighted by Gasteiger charge is -2.33. The lowest BCUT2D eigenvalue weighted by atomic mass is 9.82. The van der Waals surface area contributed by atoms with Crippen molar-refractivity contribution >= 4 is 17.5 Å². The summed E-state index contributed by atoms with van der Waals surface area (Å²) in [5.41, 5.74) is 0. The molecule has 3 heteroatoms. The summed E-state index contributed by atoms with van der Waals surface area (Å²) in [5.74, 6) is 1.52. The highest BCUT2D eigenvalue weighted by Crippen LogP contribution is 2.30. The molecule has 0 aromatic carbocycles. The molecule has 0 aliphatic heterocycles. The Labute approximate surface area is 104 Å². The van der Waals surface area contributed by atoms with E-state index in [0.29, 0.717) is 30.3 Å². The Balaban J connectivity index is 2.48. The van der Waals surface area contributed by atoms with Gasteiger partial charge in [-0.2, -0.15) is 0 Å². The number of rotatable bonds is 7. The molecule has 1 amide bonds. The maximum absolute atomic E-state index is 12.2. The molecule has 1 rings (SSSR count). The molecule has 2 nitrogen and oxygen atoms in total. The third kappa shape index (κ3) is 3.65. The Hall–Kier alpha value is -0.240. The molecule has 0 bridgehead atoms. The second-order valence-corrected chi connectivity index (χ2v) is 5.13. The second-order valence-electron chi connectivity index (χ2n) is 4.75. The first-order valence-corrected chi connectivity index (χ1v) is 7.11. The molecule has 16 heavy (non-hydrogen) atoms. The zero-order valence-corrected chi connectivity index (χ0v) is 11.3. The van der Waals surface area contributed by atoms with Gasteiger partial charge in [0.1, 0.15) is 0 Å². The van der Waals surface area contributed by atoms with Crippen molar-refractivity contribution in [2.24, 2.45) is 5.92 Å². The zero-order chi connectivity index (χ0) is 12.0. The van der Waals surface area contributed by atoms with E-state index in [0.717, 1.165) is 19.3 Å². The van der Waals surface area contributed by atoms with E-state index in [1.165, 1.54) is 19.3 Å². The van der Waals surface area contributed by atoms with Crippen LogP contribution in [0.2, 0.25) is 0 Å². The number of hydrogen-bond acceptors (Lipinski definition) is 1. The number of alkyl halides is 1. The van der Waals surface area contributed by atoms with Crippen molar-refractivity contribution in [3.8, 4) is 0 Å². The fourth-order valence-electron chi connectivity index (χ4n) is 2.39. The standard InChI is InChI=1S/C13H24ClNO/c1-3-12(4-2)15(9-8-14)13(16)10-11-6-5-7-11/h11-12H,3-10H2,1-2H3. The zero-order valence-electron chi connectivity index (χ0n) is 10.5. The summed E-state index contributed by atoms with van der Waals surface area (Å²) in [6.45, 7) is 5.00. The predicted molar refractivity (Wildman–Crippen MR) is 68.8 cm³/mol. The number of amides is 1. The maximum Gasteiger partial charge on any atom is 0.223 e. The van der Waals surface area contributed by atoms with Gasteiger partial charge in [0, 0.05) is 24.9 Å². The van der Waals surface area contributed by atoms with Crippen molar-refractivity contribution in [2.75, 3.05) is 12.4 Å². The molecular weight excluding hydrogens is 222 g/mol. The SMILES string of the molecule is CCC(CC)N(CCCl)C(=O)CC1CCC1. The first-order valence-electron chi connectivity index (χ1n) is 6.58. The molecule has 0 atom stereocenters. The third-order valence-corrected chi connectivity index (χ3v) is 3.89. The van der Waals surface area contributed by atoms with Crippen LogP contribution >= 0.6 is 11.6 Å². The average Bonchev–Trinajstić information content (AvgIpc) is 2.23. The predicted octanol–water partition coefficient (Wildman–Crippen LogP) is 3.43. The highest BCUT2D eigenvalue weighted by molar-refractivity contribution is 6.18. The first kappa shape index (κ1) is 13.8. The quantitative estimate of drug-likeness (QED) is 0.630. The van der Waals surface area contributed by atoms with Crippen molar-refractivity contribution in [1.29, 1.82) is 0 Å². The minimum absolute atomic E-state index is 0.319. The molecule has 0 spiro atoms. The van der Waals surface area contributed by atoms with Gasteiger partial charge in [0.15, 0.2) is 0 Å². The van der Waals surface area contributed by atoms with Gasteiger partial charge >= 0.3 is 0 Å². The van der Waals surface area contributed by atoms with Crippen molar-refractivity contribution in [3.05, 3.63) is 0 Å². The number of hydrogen-bond donors (Lipinski definition) is 0. The van der Waals surface area contributed by atoms with Crippen molar-refractivity contribution < 1.29 is 4.79 Å². The monoisotopic (exact) mass is 245 g/mol. The van der Waals surface area contributed by atoms with Gasteiger partial charge < -0.3 is 4.90 Å². The van der Waals surface area contributed by atoms with Gasteiger partial charge in [-0.1, -0.05) is 20.3 Å². The third-order valence-electron chi connectivity index (χ3n) is 3.72. The van der Waals surface area contributed by atoms with Crippen LogP contribution < -0.4 is 0 Å². The van der Waals surface area contributed by atoms with Gasteiger partial charge in [0.05, 0.1) is 0 Å². The van der Waals surface area contributed by atoms with Gasteiger partial charge in [0.2, 0.25) is 5.91 Å². The fraction of sp³-hybridized carbons (Fsp3) is 0.923. The van der Waals surface area contributed by atoms with Gasteiger partial charge in [-0.05, 0) is 31.6 Å². The Morgan fingerprint density at radius 1 is 1.38 bits per heavy atom. The van der Waals surface area contributed by atoms with Crippen molar-refractivity contribution in [3.63, 3.8) is 0 Å². The Kier molecular flexibility index (Phi) is 6.18. The average molecular weight is 246 g/mol. The van der Waals surface area contributed by atoms with Crippen LogP contribution in [0.4, 0.5) is 0 Å². The minimum Gasteiger partial charge on any atom is -0.339 e. The number of carbonyl (C=O) groups is 1. The molecule has 94 valence electrons. The first-order chi connectivity index (χ1) is 7.72. The molecule has 0 saturated heterocycles. The summed E-state index contributed by atoms with van der Waals surface area (Å²) in [4.78, 5) is 14.2. The molecule has 1 aliphatic carbocycles. The van der Waals surface area contributed by atoms with Crippen molar-refractivity contribution in [1.82, 2.24) is 4.90 Å². The van der Waals surface area contributed by atoms with Crippen LogP contribution in [0.15, 0.2) is 0 Å². The Morgan fingerprint density at radius 3 is 2.38 bits per heavy atom. The molecule has 0 radical (unpaired) electrons. The summed E-state index contributed by atoms with van der Waals surface area (Å²) >= 11 is 5.79.